The molecule has 0 bridgehead atoms. The Morgan fingerprint density at radius 2 is 1.85 bits per heavy atom. The van der Waals surface area contributed by atoms with Gasteiger partial charge in [0.2, 0.25) is 0 Å². The van der Waals surface area contributed by atoms with Crippen LogP contribution in [0.5, 0.6) is 11.5 Å². The van der Waals surface area contributed by atoms with Gasteiger partial charge < -0.3 is 14.2 Å². The number of aromatic nitrogens is 1. The molecular formula is C28H27F3N2O5S. The summed E-state index contributed by atoms with van der Waals surface area (Å²) in [4.78, 5) is 31.6. The fourth-order valence-corrected chi connectivity index (χ4v) is 5.28. The topological polar surface area (TPSA) is 79.1 Å². The molecule has 1 aliphatic rings. The van der Waals surface area contributed by atoms with Gasteiger partial charge in [0.05, 0.1) is 47.2 Å². The number of nitrogens with zero attached hydrogens (tertiary/aromatic N) is 2. The SMILES string of the molecule is CCOC(=O)C1=C(C)N=c2s/c(=C\c3ccc(C(F)(F)F)cc3)c(=O)n2[C@@H]1c1ccc(OC(C)C)c(OC)c1. The molecule has 1 aromatic heterocycles. The molecule has 11 heteroatoms. The first-order chi connectivity index (χ1) is 18.4. The summed E-state index contributed by atoms with van der Waals surface area (Å²) in [7, 11) is 1.50. The maximum atomic E-state index is 13.7. The molecule has 1 atom stereocenters. The van der Waals surface area contributed by atoms with Crippen LogP contribution in [0, 0.1) is 0 Å². The molecule has 1 aliphatic heterocycles. The zero-order valence-electron chi connectivity index (χ0n) is 22.0. The van der Waals surface area contributed by atoms with Crippen molar-refractivity contribution in [2.24, 2.45) is 4.99 Å². The van der Waals surface area contributed by atoms with E-state index < -0.39 is 29.3 Å². The Hall–Kier alpha value is -3.86. The Balaban J connectivity index is 1.90. The summed E-state index contributed by atoms with van der Waals surface area (Å²) < 4.78 is 57.2. The lowest BCUT2D eigenvalue weighted by Crippen LogP contribution is -2.40. The van der Waals surface area contributed by atoms with E-state index in [4.69, 9.17) is 14.2 Å². The Morgan fingerprint density at radius 3 is 2.44 bits per heavy atom. The molecule has 206 valence electrons. The molecule has 0 aliphatic carbocycles. The molecule has 0 amide bonds. The number of carbonyl (C=O) groups excluding carboxylic acids is 1. The standard InChI is InChI=1S/C28H27F3N2O5S/c1-6-37-26(35)23-16(4)32-27-33(24(23)18-9-12-20(38-15(2)3)21(14-18)36-5)25(34)22(39-27)13-17-7-10-19(11-8-17)28(29,30)31/h7-15,24H,6H2,1-5H3/b22-13-/t24-/m1/s1. The van der Waals surface area contributed by atoms with Gasteiger partial charge in [-0.2, -0.15) is 13.2 Å². The first kappa shape index (κ1) is 28.2. The van der Waals surface area contributed by atoms with Crippen molar-refractivity contribution in [1.29, 1.82) is 0 Å². The average Bonchev–Trinajstić information content (AvgIpc) is 3.17. The van der Waals surface area contributed by atoms with Crippen molar-refractivity contribution in [2.45, 2.75) is 46.0 Å². The lowest BCUT2D eigenvalue weighted by molar-refractivity contribution is -0.139. The Labute approximate surface area is 226 Å². The van der Waals surface area contributed by atoms with Crippen molar-refractivity contribution in [3.05, 3.63) is 90.1 Å². The lowest BCUT2D eigenvalue weighted by atomic mass is 9.95. The second-order valence-corrected chi connectivity index (χ2v) is 10.0. The number of hydrogen-bond donors (Lipinski definition) is 0. The molecule has 0 radical (unpaired) electrons. The number of rotatable bonds is 7. The lowest BCUT2D eigenvalue weighted by Gasteiger charge is -2.25. The predicted octanol–water partition coefficient (Wildman–Crippen LogP) is 4.61. The number of carbonyl (C=O) groups is 1. The van der Waals surface area contributed by atoms with Crippen LogP contribution in [0.25, 0.3) is 6.08 Å². The highest BCUT2D eigenvalue weighted by Gasteiger charge is 2.34. The third-order valence-corrected chi connectivity index (χ3v) is 6.90. The molecular weight excluding hydrogens is 533 g/mol. The minimum absolute atomic E-state index is 0.107. The number of hydrogen-bond acceptors (Lipinski definition) is 7. The maximum absolute atomic E-state index is 13.7. The van der Waals surface area contributed by atoms with E-state index in [-0.39, 0.29) is 22.8 Å². The van der Waals surface area contributed by atoms with E-state index >= 15 is 0 Å². The molecule has 2 aromatic carbocycles. The van der Waals surface area contributed by atoms with E-state index in [9.17, 15) is 22.8 Å². The van der Waals surface area contributed by atoms with Crippen molar-refractivity contribution >= 4 is 23.4 Å². The fraction of sp³-hybridized carbons (Fsp3) is 0.321. The largest absolute Gasteiger partial charge is 0.493 e. The van der Waals surface area contributed by atoms with E-state index in [2.05, 4.69) is 4.99 Å². The zero-order chi connectivity index (χ0) is 28.5. The third-order valence-electron chi connectivity index (χ3n) is 5.92. The molecule has 0 spiro atoms. The van der Waals surface area contributed by atoms with Gasteiger partial charge in [-0.3, -0.25) is 9.36 Å². The van der Waals surface area contributed by atoms with E-state index in [1.165, 1.54) is 29.9 Å². The summed E-state index contributed by atoms with van der Waals surface area (Å²) in [6.07, 6.45) is -3.06. The molecule has 0 N–H and O–H groups in total. The number of thiazole rings is 1. The van der Waals surface area contributed by atoms with Crippen molar-refractivity contribution in [3.63, 3.8) is 0 Å². The van der Waals surface area contributed by atoms with Gasteiger partial charge in [-0.1, -0.05) is 29.5 Å². The van der Waals surface area contributed by atoms with Gasteiger partial charge in [-0.05, 0) is 69.2 Å². The molecule has 39 heavy (non-hydrogen) atoms. The molecule has 0 unspecified atom stereocenters. The van der Waals surface area contributed by atoms with Crippen LogP contribution in [0.2, 0.25) is 0 Å². The second-order valence-electron chi connectivity index (χ2n) is 9.00. The quantitative estimate of drug-likeness (QED) is 0.395. The van der Waals surface area contributed by atoms with Crippen LogP contribution in [0.15, 0.2) is 63.5 Å². The normalized spacial score (nSPS) is 15.7. The summed E-state index contributed by atoms with van der Waals surface area (Å²) in [6.45, 7) is 7.24. The number of halogens is 3. The first-order valence-corrected chi connectivity index (χ1v) is 13.0. The van der Waals surface area contributed by atoms with Crippen molar-refractivity contribution in [1.82, 2.24) is 4.57 Å². The molecule has 3 aromatic rings. The number of alkyl halides is 3. The molecule has 0 saturated heterocycles. The monoisotopic (exact) mass is 560 g/mol. The van der Waals surface area contributed by atoms with Gasteiger partial charge in [-0.15, -0.1) is 0 Å². The molecule has 0 saturated carbocycles. The van der Waals surface area contributed by atoms with Gasteiger partial charge in [0, 0.05) is 0 Å². The Morgan fingerprint density at radius 1 is 1.15 bits per heavy atom. The highest BCUT2D eigenvalue weighted by atomic mass is 32.1. The first-order valence-electron chi connectivity index (χ1n) is 12.2. The molecule has 4 rings (SSSR count). The smallest absolute Gasteiger partial charge is 0.416 e. The van der Waals surface area contributed by atoms with E-state index in [0.717, 1.165) is 23.5 Å². The summed E-state index contributed by atoms with van der Waals surface area (Å²) in [5, 5.41) is 0. The summed E-state index contributed by atoms with van der Waals surface area (Å²) in [5.41, 5.74) is 0.353. The number of ether oxygens (including phenoxy) is 3. The molecule has 0 fully saturated rings. The van der Waals surface area contributed by atoms with E-state index in [0.29, 0.717) is 33.1 Å². The summed E-state index contributed by atoms with van der Waals surface area (Å²) in [6, 6.07) is 8.80. The number of benzene rings is 2. The highest BCUT2D eigenvalue weighted by Crippen LogP contribution is 2.36. The zero-order valence-corrected chi connectivity index (χ0v) is 22.8. The molecule has 7 nitrogen and oxygen atoms in total. The van der Waals surface area contributed by atoms with Gasteiger partial charge in [0.25, 0.3) is 5.56 Å². The van der Waals surface area contributed by atoms with Crippen molar-refractivity contribution < 1.29 is 32.2 Å². The Bertz CT molecular complexity index is 1600. The maximum Gasteiger partial charge on any atom is 0.416 e. The van der Waals surface area contributed by atoms with E-state index in [1.807, 2.05) is 13.8 Å². The summed E-state index contributed by atoms with van der Waals surface area (Å²) >= 11 is 1.08. The van der Waals surface area contributed by atoms with Crippen LogP contribution in [-0.2, 0) is 15.7 Å². The van der Waals surface area contributed by atoms with Crippen LogP contribution >= 0.6 is 11.3 Å². The predicted molar refractivity (Wildman–Crippen MR) is 141 cm³/mol. The van der Waals surface area contributed by atoms with Gasteiger partial charge in [0.1, 0.15) is 0 Å². The highest BCUT2D eigenvalue weighted by molar-refractivity contribution is 7.07. The second kappa shape index (κ2) is 11.1. The van der Waals surface area contributed by atoms with Crippen LogP contribution in [0.4, 0.5) is 13.2 Å². The van der Waals surface area contributed by atoms with Crippen LogP contribution in [0.1, 0.15) is 50.4 Å². The van der Waals surface area contributed by atoms with Crippen LogP contribution < -0.4 is 24.4 Å². The third kappa shape index (κ3) is 5.78. The number of esters is 1. The number of allylic oxidation sites excluding steroid dienone is 1. The molecule has 2 heterocycles. The number of fused-ring (bicyclic) bond motifs is 1. The van der Waals surface area contributed by atoms with Gasteiger partial charge in [0.15, 0.2) is 16.3 Å². The van der Waals surface area contributed by atoms with Crippen LogP contribution in [0.3, 0.4) is 0 Å². The number of methoxy groups -OCH3 is 1. The Kier molecular flexibility index (Phi) is 8.01. The van der Waals surface area contributed by atoms with Crippen molar-refractivity contribution in [2.75, 3.05) is 13.7 Å². The fourth-order valence-electron chi connectivity index (χ4n) is 4.23. The minimum Gasteiger partial charge on any atom is -0.493 e. The van der Waals surface area contributed by atoms with E-state index in [1.54, 1.807) is 32.0 Å². The van der Waals surface area contributed by atoms with Crippen molar-refractivity contribution in [3.8, 4) is 11.5 Å². The minimum atomic E-state index is -4.46. The van der Waals surface area contributed by atoms with Gasteiger partial charge >= 0.3 is 12.1 Å². The summed E-state index contributed by atoms with van der Waals surface area (Å²) in [5.74, 6) is 0.317. The average molecular weight is 561 g/mol. The van der Waals surface area contributed by atoms with Crippen LogP contribution in [-0.4, -0.2) is 30.4 Å². The van der Waals surface area contributed by atoms with Gasteiger partial charge in [-0.25, -0.2) is 9.79 Å².